The fourth-order valence-corrected chi connectivity index (χ4v) is 1.66. The van der Waals surface area contributed by atoms with E-state index in [0.29, 0.717) is 16.8 Å². The molecule has 5 heteroatoms. The highest BCUT2D eigenvalue weighted by atomic mass is 35.5. The van der Waals surface area contributed by atoms with Crippen molar-refractivity contribution >= 4 is 34.7 Å². The monoisotopic (exact) mass is 260 g/mol. The maximum absolute atomic E-state index is 11.5. The minimum atomic E-state index is -0.630. The molecule has 86 valence electrons. The quantitative estimate of drug-likeness (QED) is 0.515. The van der Waals surface area contributed by atoms with Crippen molar-refractivity contribution in [3.63, 3.8) is 0 Å². The Hall–Kier alpha value is -1.19. The Labute approximate surface area is 103 Å². The van der Waals surface area contributed by atoms with Crippen LogP contribution >= 0.6 is 23.2 Å². The van der Waals surface area contributed by atoms with Crippen molar-refractivity contribution in [2.45, 2.75) is 6.92 Å². The van der Waals surface area contributed by atoms with Crippen LogP contribution in [-0.4, -0.2) is 17.7 Å². The van der Waals surface area contributed by atoms with Crippen LogP contribution in [0.25, 0.3) is 5.57 Å². The van der Waals surface area contributed by atoms with Gasteiger partial charge in [0.1, 0.15) is 5.57 Å². The number of ether oxygens (including phenoxy) is 1. The van der Waals surface area contributed by atoms with E-state index in [9.17, 15) is 4.79 Å². The summed E-state index contributed by atoms with van der Waals surface area (Å²) in [5.74, 6) is -0.630. The van der Waals surface area contributed by atoms with Gasteiger partial charge in [-0.15, -0.1) is 0 Å². The molecular weight excluding hydrogens is 251 g/mol. The average Bonchev–Trinajstić information content (AvgIpc) is 2.22. The molecule has 1 aromatic rings. The molecule has 1 aromatic carbocycles. The number of hydrogen-bond donors (Lipinski definition) is 1. The molecule has 16 heavy (non-hydrogen) atoms. The van der Waals surface area contributed by atoms with Gasteiger partial charge in [-0.2, -0.15) is 0 Å². The van der Waals surface area contributed by atoms with Gasteiger partial charge in [0.05, 0.1) is 17.9 Å². The van der Waals surface area contributed by atoms with Crippen LogP contribution in [0.5, 0.6) is 0 Å². The number of aliphatic hydroxyl groups is 1. The summed E-state index contributed by atoms with van der Waals surface area (Å²) in [7, 11) is 0. The third-order valence-corrected chi connectivity index (χ3v) is 2.39. The summed E-state index contributed by atoms with van der Waals surface area (Å²) >= 11 is 11.6. The van der Waals surface area contributed by atoms with E-state index in [0.717, 1.165) is 0 Å². The molecular formula is C11H10Cl2O3. The van der Waals surface area contributed by atoms with Gasteiger partial charge in [0.15, 0.2) is 0 Å². The van der Waals surface area contributed by atoms with Gasteiger partial charge in [0.25, 0.3) is 0 Å². The Morgan fingerprint density at radius 3 is 2.69 bits per heavy atom. The topological polar surface area (TPSA) is 46.5 Å². The molecule has 0 unspecified atom stereocenters. The van der Waals surface area contributed by atoms with E-state index >= 15 is 0 Å². The SMILES string of the molecule is CCOC(=O)C(=CO)c1ccc(Cl)cc1Cl. The van der Waals surface area contributed by atoms with Crippen LogP contribution in [-0.2, 0) is 9.53 Å². The Balaban J connectivity index is 3.10. The van der Waals surface area contributed by atoms with Crippen molar-refractivity contribution in [3.8, 4) is 0 Å². The van der Waals surface area contributed by atoms with Gasteiger partial charge in [-0.05, 0) is 19.1 Å². The van der Waals surface area contributed by atoms with Crippen LogP contribution in [0.4, 0.5) is 0 Å². The highest BCUT2D eigenvalue weighted by Crippen LogP contribution is 2.27. The standard InChI is InChI=1S/C11H10Cl2O3/c1-2-16-11(15)9(6-14)8-4-3-7(12)5-10(8)13/h3-6,14H,2H2,1H3. The number of carbonyl (C=O) groups is 1. The zero-order valence-electron chi connectivity index (χ0n) is 8.54. The molecule has 0 amide bonds. The predicted octanol–water partition coefficient (Wildman–Crippen LogP) is 3.46. The highest BCUT2D eigenvalue weighted by molar-refractivity contribution is 6.37. The normalized spacial score (nSPS) is 11.3. The van der Waals surface area contributed by atoms with Crippen molar-refractivity contribution < 1.29 is 14.6 Å². The second-order valence-electron chi connectivity index (χ2n) is 2.89. The minimum Gasteiger partial charge on any atom is -0.515 e. The molecule has 0 heterocycles. The van der Waals surface area contributed by atoms with Crippen molar-refractivity contribution in [1.82, 2.24) is 0 Å². The van der Waals surface area contributed by atoms with E-state index in [1.807, 2.05) is 0 Å². The van der Waals surface area contributed by atoms with E-state index in [1.54, 1.807) is 19.1 Å². The van der Waals surface area contributed by atoms with E-state index in [2.05, 4.69) is 0 Å². The molecule has 0 fully saturated rings. The van der Waals surface area contributed by atoms with Crippen LogP contribution in [0.3, 0.4) is 0 Å². The number of aliphatic hydroxyl groups excluding tert-OH is 1. The first-order chi connectivity index (χ1) is 7.60. The van der Waals surface area contributed by atoms with Gasteiger partial charge < -0.3 is 9.84 Å². The number of esters is 1. The van der Waals surface area contributed by atoms with Gasteiger partial charge >= 0.3 is 5.97 Å². The Morgan fingerprint density at radius 2 is 2.19 bits per heavy atom. The second kappa shape index (κ2) is 5.77. The minimum absolute atomic E-state index is 0.00326. The van der Waals surface area contributed by atoms with E-state index in [-0.39, 0.29) is 17.2 Å². The van der Waals surface area contributed by atoms with Crippen molar-refractivity contribution in [1.29, 1.82) is 0 Å². The lowest BCUT2D eigenvalue weighted by Crippen LogP contribution is -2.07. The first-order valence-electron chi connectivity index (χ1n) is 4.57. The Kier molecular flexibility index (Phi) is 4.65. The van der Waals surface area contributed by atoms with E-state index in [1.165, 1.54) is 6.07 Å². The number of halogens is 2. The molecule has 0 atom stereocenters. The average molecular weight is 261 g/mol. The fraction of sp³-hybridized carbons (Fsp3) is 0.182. The Bertz CT molecular complexity index is 427. The predicted molar refractivity (Wildman–Crippen MR) is 63.7 cm³/mol. The number of rotatable bonds is 3. The highest BCUT2D eigenvalue weighted by Gasteiger charge is 2.16. The van der Waals surface area contributed by atoms with Crippen LogP contribution in [0, 0.1) is 0 Å². The number of benzene rings is 1. The lowest BCUT2D eigenvalue weighted by molar-refractivity contribution is -0.136. The summed E-state index contributed by atoms with van der Waals surface area (Å²) in [6, 6.07) is 4.61. The van der Waals surface area contributed by atoms with Crippen molar-refractivity contribution in [2.75, 3.05) is 6.61 Å². The first-order valence-corrected chi connectivity index (χ1v) is 5.32. The van der Waals surface area contributed by atoms with Crippen LogP contribution in [0.15, 0.2) is 24.5 Å². The van der Waals surface area contributed by atoms with E-state index < -0.39 is 5.97 Å². The second-order valence-corrected chi connectivity index (χ2v) is 3.73. The Morgan fingerprint density at radius 1 is 1.50 bits per heavy atom. The molecule has 1 rings (SSSR count). The number of carbonyl (C=O) groups excluding carboxylic acids is 1. The summed E-state index contributed by atoms with van der Waals surface area (Å²) in [6.45, 7) is 1.90. The molecule has 0 radical (unpaired) electrons. The maximum Gasteiger partial charge on any atom is 0.341 e. The van der Waals surface area contributed by atoms with Crippen molar-refractivity contribution in [3.05, 3.63) is 40.1 Å². The van der Waals surface area contributed by atoms with Gasteiger partial charge in [0.2, 0.25) is 0 Å². The zero-order chi connectivity index (χ0) is 12.1. The molecule has 0 saturated heterocycles. The van der Waals surface area contributed by atoms with Crippen LogP contribution in [0.2, 0.25) is 10.0 Å². The summed E-state index contributed by atoms with van der Waals surface area (Å²) in [6.07, 6.45) is 0.674. The summed E-state index contributed by atoms with van der Waals surface area (Å²) in [4.78, 5) is 11.5. The van der Waals surface area contributed by atoms with E-state index in [4.69, 9.17) is 33.0 Å². The zero-order valence-corrected chi connectivity index (χ0v) is 10.0. The van der Waals surface area contributed by atoms with Crippen molar-refractivity contribution in [2.24, 2.45) is 0 Å². The van der Waals surface area contributed by atoms with Gasteiger partial charge in [-0.1, -0.05) is 29.3 Å². The smallest absolute Gasteiger partial charge is 0.341 e. The molecule has 0 aliphatic rings. The lowest BCUT2D eigenvalue weighted by atomic mass is 10.1. The molecule has 0 aliphatic carbocycles. The fourth-order valence-electron chi connectivity index (χ4n) is 1.15. The molecule has 0 spiro atoms. The maximum atomic E-state index is 11.5. The molecule has 3 nitrogen and oxygen atoms in total. The summed E-state index contributed by atoms with van der Waals surface area (Å²) in [5.41, 5.74) is 0.385. The van der Waals surface area contributed by atoms with Crippen LogP contribution < -0.4 is 0 Å². The van der Waals surface area contributed by atoms with Gasteiger partial charge in [-0.3, -0.25) is 0 Å². The molecule has 0 aliphatic heterocycles. The third kappa shape index (κ3) is 2.90. The lowest BCUT2D eigenvalue weighted by Gasteiger charge is -2.07. The summed E-state index contributed by atoms with van der Waals surface area (Å²) < 4.78 is 4.78. The number of hydrogen-bond acceptors (Lipinski definition) is 3. The first kappa shape index (κ1) is 12.9. The molecule has 0 saturated carbocycles. The molecule has 0 aromatic heterocycles. The molecule has 0 bridgehead atoms. The van der Waals surface area contributed by atoms with Crippen LogP contribution in [0.1, 0.15) is 12.5 Å². The molecule has 1 N–H and O–H groups in total. The summed E-state index contributed by atoms with van der Waals surface area (Å²) in [5, 5.41) is 9.75. The van der Waals surface area contributed by atoms with Gasteiger partial charge in [-0.25, -0.2) is 4.79 Å². The third-order valence-electron chi connectivity index (χ3n) is 1.85. The van der Waals surface area contributed by atoms with Gasteiger partial charge in [0, 0.05) is 10.6 Å². The largest absolute Gasteiger partial charge is 0.515 e.